The summed E-state index contributed by atoms with van der Waals surface area (Å²) in [6.45, 7) is 3.69. The van der Waals surface area contributed by atoms with Crippen molar-refractivity contribution in [1.82, 2.24) is 0 Å². The normalized spacial score (nSPS) is 10.7. The first-order chi connectivity index (χ1) is 11.4. The first-order valence-corrected chi connectivity index (χ1v) is 7.31. The number of hydrogen-bond donors (Lipinski definition) is 3. The molecule has 0 saturated heterocycles. The highest BCUT2D eigenvalue weighted by atomic mass is 16.5. The molecule has 0 radical (unpaired) electrons. The van der Waals surface area contributed by atoms with E-state index < -0.39 is 5.97 Å². The van der Waals surface area contributed by atoms with Gasteiger partial charge in [0.15, 0.2) is 0 Å². The first kappa shape index (κ1) is 17.1. The lowest BCUT2D eigenvalue weighted by atomic mass is 10.1. The third kappa shape index (κ3) is 5.53. The molecule has 0 saturated carbocycles. The Morgan fingerprint density at radius 1 is 0.958 bits per heavy atom. The molecule has 124 valence electrons. The zero-order valence-corrected chi connectivity index (χ0v) is 13.0. The molecule has 0 amide bonds. The van der Waals surface area contributed by atoms with Crippen molar-refractivity contribution in [2.45, 2.75) is 12.8 Å². The number of phenols is 2. The van der Waals surface area contributed by atoms with Crippen LogP contribution in [0, 0.1) is 0 Å². The van der Waals surface area contributed by atoms with Crippen molar-refractivity contribution in [3.8, 4) is 17.2 Å². The van der Waals surface area contributed by atoms with Crippen molar-refractivity contribution in [2.75, 3.05) is 0 Å². The fraction of sp³-hybridized carbons (Fsp3) is 0.105. The number of ether oxygens (including phenoxy) is 1. The van der Waals surface area contributed by atoms with Gasteiger partial charge in [-0.15, -0.1) is 0 Å². The van der Waals surface area contributed by atoms with E-state index in [0.29, 0.717) is 17.1 Å². The summed E-state index contributed by atoms with van der Waals surface area (Å²) in [5.74, 6) is 0.0863. The van der Waals surface area contributed by atoms with Crippen molar-refractivity contribution >= 4 is 18.1 Å². The van der Waals surface area contributed by atoms with Gasteiger partial charge in [-0.1, -0.05) is 30.9 Å². The molecule has 24 heavy (non-hydrogen) atoms. The minimum absolute atomic E-state index is 0.00160. The molecule has 0 aromatic heterocycles. The second kappa shape index (κ2) is 7.87. The summed E-state index contributed by atoms with van der Waals surface area (Å²) in [5.41, 5.74) is 1.58. The van der Waals surface area contributed by atoms with Crippen molar-refractivity contribution < 1.29 is 24.9 Å². The van der Waals surface area contributed by atoms with Crippen LogP contribution < -0.4 is 4.74 Å². The van der Waals surface area contributed by atoms with Crippen LogP contribution in [0.25, 0.3) is 12.2 Å². The minimum atomic E-state index is -0.891. The number of phenolic OH excluding ortho intramolecular Hbond substituents is 2. The molecular formula is C19H18O5. The maximum atomic E-state index is 10.5. The molecule has 2 aromatic rings. The maximum Gasteiger partial charge on any atom is 0.303 e. The second-order valence-corrected chi connectivity index (χ2v) is 5.22. The van der Waals surface area contributed by atoms with Crippen LogP contribution in [0.15, 0.2) is 54.8 Å². The number of rotatable bonds is 7. The fourth-order valence-corrected chi connectivity index (χ4v) is 2.02. The van der Waals surface area contributed by atoms with E-state index >= 15 is 0 Å². The summed E-state index contributed by atoms with van der Waals surface area (Å²) in [6, 6.07) is 11.5. The summed E-state index contributed by atoms with van der Waals surface area (Å²) >= 11 is 0. The van der Waals surface area contributed by atoms with Crippen molar-refractivity contribution in [2.24, 2.45) is 0 Å². The molecule has 0 aliphatic carbocycles. The van der Waals surface area contributed by atoms with Gasteiger partial charge in [0.25, 0.3) is 0 Å². The molecule has 5 nitrogen and oxygen atoms in total. The zero-order valence-electron chi connectivity index (χ0n) is 13.0. The van der Waals surface area contributed by atoms with Crippen molar-refractivity contribution in [1.29, 1.82) is 0 Å². The summed E-state index contributed by atoms with van der Waals surface area (Å²) < 4.78 is 5.47. The molecular weight excluding hydrogens is 308 g/mol. The van der Waals surface area contributed by atoms with E-state index in [-0.39, 0.29) is 24.3 Å². The van der Waals surface area contributed by atoms with Crippen LogP contribution in [0.1, 0.15) is 24.0 Å². The van der Waals surface area contributed by atoms with Crippen LogP contribution >= 0.6 is 0 Å². The third-order valence-electron chi connectivity index (χ3n) is 3.15. The summed E-state index contributed by atoms with van der Waals surface area (Å²) in [4.78, 5) is 10.5. The maximum absolute atomic E-state index is 10.5. The number of hydrogen-bond acceptors (Lipinski definition) is 4. The molecule has 2 aromatic carbocycles. The van der Waals surface area contributed by atoms with E-state index in [1.54, 1.807) is 30.3 Å². The van der Waals surface area contributed by atoms with Crippen LogP contribution in [0.5, 0.6) is 17.2 Å². The Labute approximate surface area is 139 Å². The van der Waals surface area contributed by atoms with Crippen LogP contribution in [-0.4, -0.2) is 21.3 Å². The van der Waals surface area contributed by atoms with E-state index in [1.807, 2.05) is 18.2 Å². The summed E-state index contributed by atoms with van der Waals surface area (Å²) in [5, 5.41) is 27.5. The van der Waals surface area contributed by atoms with E-state index in [1.165, 1.54) is 6.07 Å². The average molecular weight is 326 g/mol. The number of allylic oxidation sites excluding steroid dienone is 1. The number of benzene rings is 2. The lowest BCUT2D eigenvalue weighted by molar-refractivity contribution is -0.137. The molecule has 0 atom stereocenters. The Bertz CT molecular complexity index is 740. The van der Waals surface area contributed by atoms with E-state index in [9.17, 15) is 15.0 Å². The Morgan fingerprint density at radius 2 is 1.54 bits per heavy atom. The number of carboxylic acids is 1. The average Bonchev–Trinajstić information content (AvgIpc) is 2.51. The van der Waals surface area contributed by atoms with Gasteiger partial charge in [0, 0.05) is 12.5 Å². The molecule has 0 bridgehead atoms. The standard InChI is InChI=1S/C19H18O5/c1-13(2-9-19(22)23)24-18-7-5-14(6-8-18)3-4-15-10-16(20)12-17(21)11-15/h3-8,10-12,20-21H,1-2,9H2,(H,22,23)/b4-3+. The third-order valence-corrected chi connectivity index (χ3v) is 3.15. The van der Waals surface area contributed by atoms with Gasteiger partial charge >= 0.3 is 5.97 Å². The second-order valence-electron chi connectivity index (χ2n) is 5.22. The van der Waals surface area contributed by atoms with Gasteiger partial charge in [0.2, 0.25) is 0 Å². The predicted octanol–water partition coefficient (Wildman–Crippen LogP) is 4.03. The monoisotopic (exact) mass is 326 g/mol. The van der Waals surface area contributed by atoms with Gasteiger partial charge < -0.3 is 20.1 Å². The number of carboxylic acid groups (broad SMARTS) is 1. The Kier molecular flexibility index (Phi) is 5.63. The van der Waals surface area contributed by atoms with Crippen molar-refractivity contribution in [3.63, 3.8) is 0 Å². The largest absolute Gasteiger partial charge is 0.508 e. The van der Waals surface area contributed by atoms with Gasteiger partial charge in [-0.05, 0) is 35.4 Å². The highest BCUT2D eigenvalue weighted by Gasteiger charge is 2.02. The Balaban J connectivity index is 1.97. The SMILES string of the molecule is C=C(CCC(=O)O)Oc1ccc(/C=C/c2cc(O)cc(O)c2)cc1. The molecule has 0 aliphatic rings. The lowest BCUT2D eigenvalue weighted by Crippen LogP contribution is -1.99. The van der Waals surface area contributed by atoms with Crippen LogP contribution in [0.2, 0.25) is 0 Å². The van der Waals surface area contributed by atoms with E-state index in [2.05, 4.69) is 6.58 Å². The van der Waals surface area contributed by atoms with Gasteiger partial charge in [-0.2, -0.15) is 0 Å². The van der Waals surface area contributed by atoms with E-state index in [4.69, 9.17) is 9.84 Å². The quantitative estimate of drug-likeness (QED) is 0.528. The zero-order chi connectivity index (χ0) is 17.5. The number of aliphatic carboxylic acids is 1. The Hall–Kier alpha value is -3.21. The van der Waals surface area contributed by atoms with Crippen LogP contribution in [0.4, 0.5) is 0 Å². The van der Waals surface area contributed by atoms with Crippen molar-refractivity contribution in [3.05, 3.63) is 65.9 Å². The van der Waals surface area contributed by atoms with Gasteiger partial charge in [0.05, 0.1) is 12.2 Å². The number of carbonyl (C=O) groups is 1. The van der Waals surface area contributed by atoms with Gasteiger partial charge in [-0.25, -0.2) is 0 Å². The number of aromatic hydroxyl groups is 2. The van der Waals surface area contributed by atoms with Gasteiger partial charge in [0.1, 0.15) is 17.2 Å². The predicted molar refractivity (Wildman–Crippen MR) is 91.8 cm³/mol. The summed E-state index contributed by atoms with van der Waals surface area (Å²) in [6.07, 6.45) is 3.84. The van der Waals surface area contributed by atoms with Crippen LogP contribution in [-0.2, 0) is 4.79 Å². The smallest absolute Gasteiger partial charge is 0.303 e. The fourth-order valence-electron chi connectivity index (χ4n) is 2.02. The molecule has 0 spiro atoms. The van der Waals surface area contributed by atoms with Gasteiger partial charge in [-0.3, -0.25) is 4.79 Å². The molecule has 5 heteroatoms. The molecule has 0 heterocycles. The highest BCUT2D eigenvalue weighted by molar-refractivity contribution is 5.71. The Morgan fingerprint density at radius 3 is 2.12 bits per heavy atom. The van der Waals surface area contributed by atoms with E-state index in [0.717, 1.165) is 5.56 Å². The highest BCUT2D eigenvalue weighted by Crippen LogP contribution is 2.22. The molecule has 2 rings (SSSR count). The molecule has 0 fully saturated rings. The molecule has 0 aliphatic heterocycles. The topological polar surface area (TPSA) is 87.0 Å². The lowest BCUT2D eigenvalue weighted by Gasteiger charge is -2.07. The molecule has 0 unspecified atom stereocenters. The molecule has 3 N–H and O–H groups in total. The minimum Gasteiger partial charge on any atom is -0.508 e. The first-order valence-electron chi connectivity index (χ1n) is 7.31. The summed E-state index contributed by atoms with van der Waals surface area (Å²) in [7, 11) is 0. The van der Waals surface area contributed by atoms with Crippen LogP contribution in [0.3, 0.4) is 0 Å².